The van der Waals surface area contributed by atoms with Gasteiger partial charge in [0, 0.05) is 27.6 Å². The van der Waals surface area contributed by atoms with Crippen LogP contribution in [0.15, 0.2) is 71.8 Å². The molecule has 2 unspecified atom stereocenters. The average molecular weight is 439 g/mol. The van der Waals surface area contributed by atoms with Crippen molar-refractivity contribution in [2.24, 2.45) is 5.10 Å². The minimum absolute atomic E-state index is 0.0506. The summed E-state index contributed by atoms with van der Waals surface area (Å²) in [7, 11) is 0. The predicted molar refractivity (Wildman–Crippen MR) is 120 cm³/mol. The molecule has 0 spiro atoms. The molecule has 0 N–H and O–H groups in total. The van der Waals surface area contributed by atoms with Crippen molar-refractivity contribution >= 4 is 28.9 Å². The van der Waals surface area contributed by atoms with Crippen molar-refractivity contribution in [1.82, 2.24) is 5.01 Å². The molecule has 30 heavy (non-hydrogen) atoms. The fraction of sp³-hybridized carbons (Fsp3) is 0.208. The number of hydrogen-bond acceptors (Lipinski definition) is 4. The number of benzene rings is 3. The van der Waals surface area contributed by atoms with Gasteiger partial charge in [-0.05, 0) is 67.1 Å². The molecule has 0 aromatic heterocycles. The van der Waals surface area contributed by atoms with Crippen molar-refractivity contribution in [2.75, 3.05) is 6.61 Å². The quantitative estimate of drug-likeness (QED) is 0.457. The second-order valence-electron chi connectivity index (χ2n) is 7.31. The van der Waals surface area contributed by atoms with Gasteiger partial charge in [0.25, 0.3) is 0 Å². The summed E-state index contributed by atoms with van der Waals surface area (Å²) in [6.07, 6.45) is 0.440. The van der Waals surface area contributed by atoms with Crippen molar-refractivity contribution in [3.63, 3.8) is 0 Å². The van der Waals surface area contributed by atoms with Crippen LogP contribution in [0.1, 0.15) is 42.3 Å². The molecular weight excluding hydrogens is 419 g/mol. The van der Waals surface area contributed by atoms with E-state index in [1.807, 2.05) is 78.7 Å². The van der Waals surface area contributed by atoms with E-state index in [-0.39, 0.29) is 12.3 Å². The maximum absolute atomic E-state index is 6.39. The molecule has 3 aromatic carbocycles. The van der Waals surface area contributed by atoms with E-state index >= 15 is 0 Å². The lowest BCUT2D eigenvalue weighted by atomic mass is 9.96. The van der Waals surface area contributed by atoms with Crippen molar-refractivity contribution < 1.29 is 9.47 Å². The SMILES string of the molecule is CCOc1ccc(C2Oc3ccc(Cl)cc3C3CC(c4ccc(Cl)cc4)=NN32)cc1. The van der Waals surface area contributed by atoms with Crippen LogP contribution >= 0.6 is 23.2 Å². The molecule has 5 rings (SSSR count). The Hall–Kier alpha value is -2.69. The van der Waals surface area contributed by atoms with E-state index < -0.39 is 0 Å². The monoisotopic (exact) mass is 438 g/mol. The third-order valence-corrected chi connectivity index (χ3v) is 5.89. The van der Waals surface area contributed by atoms with Crippen molar-refractivity contribution in [3.05, 3.63) is 93.5 Å². The number of nitrogens with zero attached hydrogens (tertiary/aromatic N) is 2. The van der Waals surface area contributed by atoms with E-state index in [0.29, 0.717) is 16.7 Å². The standard InChI is InChI=1S/C24H20Cl2N2O2/c1-2-29-19-10-5-16(6-11-19)24-28-22(20-13-18(26)9-12-23(20)30-24)14-21(27-28)15-3-7-17(25)8-4-15/h3-13,22,24H,2,14H2,1H3. The van der Waals surface area contributed by atoms with Gasteiger partial charge in [0.2, 0.25) is 6.23 Å². The fourth-order valence-electron chi connectivity index (χ4n) is 3.99. The van der Waals surface area contributed by atoms with Crippen molar-refractivity contribution in [2.45, 2.75) is 25.6 Å². The van der Waals surface area contributed by atoms with Gasteiger partial charge in [-0.15, -0.1) is 0 Å². The summed E-state index contributed by atoms with van der Waals surface area (Å²) in [6.45, 7) is 2.61. The first-order valence-electron chi connectivity index (χ1n) is 9.93. The number of hydrazone groups is 1. The van der Waals surface area contributed by atoms with Gasteiger partial charge in [0.05, 0.1) is 18.4 Å². The maximum atomic E-state index is 6.39. The zero-order chi connectivity index (χ0) is 20.7. The third-order valence-electron chi connectivity index (χ3n) is 5.41. The van der Waals surface area contributed by atoms with Crippen LogP contribution in [0.4, 0.5) is 0 Å². The third kappa shape index (κ3) is 3.51. The number of hydrogen-bond donors (Lipinski definition) is 0. The van der Waals surface area contributed by atoms with Crippen molar-refractivity contribution in [1.29, 1.82) is 0 Å². The number of fused-ring (bicyclic) bond motifs is 3. The molecule has 2 aliphatic heterocycles. The fourth-order valence-corrected chi connectivity index (χ4v) is 4.30. The highest BCUT2D eigenvalue weighted by Crippen LogP contribution is 2.48. The van der Waals surface area contributed by atoms with Gasteiger partial charge in [0.1, 0.15) is 11.5 Å². The van der Waals surface area contributed by atoms with Gasteiger partial charge in [-0.1, -0.05) is 35.3 Å². The molecular formula is C24H20Cl2N2O2. The number of ether oxygens (including phenoxy) is 2. The lowest BCUT2D eigenvalue weighted by molar-refractivity contribution is -0.0190. The van der Waals surface area contributed by atoms with Crippen LogP contribution in [-0.4, -0.2) is 17.3 Å². The molecule has 0 radical (unpaired) electrons. The van der Waals surface area contributed by atoms with Gasteiger partial charge >= 0.3 is 0 Å². The second-order valence-corrected chi connectivity index (χ2v) is 8.18. The lowest BCUT2D eigenvalue weighted by Crippen LogP contribution is -2.33. The first-order valence-corrected chi connectivity index (χ1v) is 10.7. The lowest BCUT2D eigenvalue weighted by Gasteiger charge is -2.38. The topological polar surface area (TPSA) is 34.1 Å². The maximum Gasteiger partial charge on any atom is 0.213 e. The Morgan fingerprint density at radius 3 is 2.47 bits per heavy atom. The first kappa shape index (κ1) is 19.3. The van der Waals surface area contributed by atoms with Gasteiger partial charge in [-0.2, -0.15) is 5.10 Å². The van der Waals surface area contributed by atoms with Crippen LogP contribution in [0.2, 0.25) is 10.0 Å². The van der Waals surface area contributed by atoms with Crippen molar-refractivity contribution in [3.8, 4) is 11.5 Å². The smallest absolute Gasteiger partial charge is 0.213 e. The van der Waals surface area contributed by atoms with Gasteiger partial charge in [0.15, 0.2) is 0 Å². The Balaban J connectivity index is 1.55. The first-order chi connectivity index (χ1) is 14.6. The van der Waals surface area contributed by atoms with Gasteiger partial charge < -0.3 is 9.47 Å². The normalized spacial score (nSPS) is 19.6. The highest BCUT2D eigenvalue weighted by molar-refractivity contribution is 6.31. The molecule has 0 saturated carbocycles. The Labute approximate surface area is 185 Å². The molecule has 0 fully saturated rings. The molecule has 0 amide bonds. The second kappa shape index (κ2) is 7.86. The molecule has 0 aliphatic carbocycles. The van der Waals surface area contributed by atoms with Crippen LogP contribution in [0, 0.1) is 0 Å². The predicted octanol–water partition coefficient (Wildman–Crippen LogP) is 6.63. The summed E-state index contributed by atoms with van der Waals surface area (Å²) in [5, 5.41) is 8.40. The zero-order valence-corrected chi connectivity index (χ0v) is 17.9. The van der Waals surface area contributed by atoms with Crippen LogP contribution in [0.5, 0.6) is 11.5 Å². The average Bonchev–Trinajstić information content (AvgIpc) is 3.20. The van der Waals surface area contributed by atoms with Crippen LogP contribution in [0.3, 0.4) is 0 Å². The Morgan fingerprint density at radius 2 is 1.73 bits per heavy atom. The van der Waals surface area contributed by atoms with E-state index in [4.69, 9.17) is 37.8 Å². The Kier molecular flexibility index (Phi) is 5.05. The number of rotatable bonds is 4. The molecule has 3 aromatic rings. The van der Waals surface area contributed by atoms with E-state index in [1.54, 1.807) is 0 Å². The summed E-state index contributed by atoms with van der Waals surface area (Å²) >= 11 is 12.4. The molecule has 6 heteroatoms. The molecule has 4 nitrogen and oxygen atoms in total. The molecule has 0 bridgehead atoms. The Morgan fingerprint density at radius 1 is 1.00 bits per heavy atom. The minimum Gasteiger partial charge on any atom is -0.494 e. The Bertz CT molecular complexity index is 1100. The van der Waals surface area contributed by atoms with Crippen LogP contribution < -0.4 is 9.47 Å². The van der Waals surface area contributed by atoms with Crippen LogP contribution in [-0.2, 0) is 0 Å². The summed E-state index contributed by atoms with van der Waals surface area (Å²) in [6, 6.07) is 21.6. The highest BCUT2D eigenvalue weighted by Gasteiger charge is 2.41. The molecule has 2 heterocycles. The van der Waals surface area contributed by atoms with E-state index in [2.05, 4.69) is 0 Å². The zero-order valence-electron chi connectivity index (χ0n) is 16.4. The van der Waals surface area contributed by atoms with E-state index in [9.17, 15) is 0 Å². The summed E-state index contributed by atoms with van der Waals surface area (Å²) in [4.78, 5) is 0. The molecule has 0 saturated heterocycles. The number of halogens is 2. The van der Waals surface area contributed by atoms with Crippen LogP contribution in [0.25, 0.3) is 0 Å². The summed E-state index contributed by atoms with van der Waals surface area (Å²) in [5.74, 6) is 1.68. The summed E-state index contributed by atoms with van der Waals surface area (Å²) < 4.78 is 12.0. The van der Waals surface area contributed by atoms with E-state index in [1.165, 1.54) is 0 Å². The minimum atomic E-state index is -0.329. The molecule has 2 atom stereocenters. The molecule has 152 valence electrons. The van der Waals surface area contributed by atoms with Gasteiger partial charge in [-0.3, -0.25) is 0 Å². The highest BCUT2D eigenvalue weighted by atomic mass is 35.5. The largest absolute Gasteiger partial charge is 0.494 e. The summed E-state index contributed by atoms with van der Waals surface area (Å²) in [5.41, 5.74) is 4.13. The van der Waals surface area contributed by atoms with E-state index in [0.717, 1.165) is 40.3 Å². The van der Waals surface area contributed by atoms with Gasteiger partial charge in [-0.25, -0.2) is 5.01 Å². The molecule has 2 aliphatic rings.